The molecule has 1 amide bonds. The number of fused-ring (bicyclic) bond motifs is 1. The Kier molecular flexibility index (Phi) is 5.23. The predicted octanol–water partition coefficient (Wildman–Crippen LogP) is 3.53. The maximum absolute atomic E-state index is 13.2. The molecule has 4 aromatic rings. The molecule has 9 heteroatoms. The molecule has 156 valence electrons. The van der Waals surface area contributed by atoms with Crippen molar-refractivity contribution >= 4 is 34.8 Å². The minimum Gasteiger partial charge on any atom is -0.378 e. The minimum atomic E-state index is -0.308. The number of nitrogens with one attached hydrogen (secondary N) is 1. The molecule has 4 heterocycles. The van der Waals surface area contributed by atoms with Crippen LogP contribution in [0.25, 0.3) is 16.9 Å². The number of aromatic nitrogens is 4. The number of halogens is 1. The molecule has 5 rings (SSSR count). The van der Waals surface area contributed by atoms with Gasteiger partial charge in [-0.15, -0.1) is 5.10 Å². The first kappa shape index (κ1) is 19.5. The maximum Gasteiger partial charge on any atom is 0.260 e. The lowest BCUT2D eigenvalue weighted by atomic mass is 10.2. The Morgan fingerprint density at radius 1 is 1.10 bits per heavy atom. The lowest BCUT2D eigenvalue weighted by Gasteiger charge is -2.27. The van der Waals surface area contributed by atoms with Crippen LogP contribution < -0.4 is 10.2 Å². The number of hydrogen-bond acceptors (Lipinski definition) is 6. The Balaban J connectivity index is 1.61. The van der Waals surface area contributed by atoms with E-state index in [1.54, 1.807) is 35.1 Å². The molecular weight excluding hydrogens is 416 g/mol. The number of carbonyl (C=O) groups excluding carboxylic acids is 1. The number of hydrogen-bond donors (Lipinski definition) is 1. The highest BCUT2D eigenvalue weighted by atomic mass is 35.5. The fourth-order valence-corrected chi connectivity index (χ4v) is 3.73. The van der Waals surface area contributed by atoms with Crippen LogP contribution in [-0.4, -0.2) is 51.8 Å². The molecule has 1 N–H and O–H groups in total. The summed E-state index contributed by atoms with van der Waals surface area (Å²) in [6.45, 7) is 2.63. The minimum absolute atomic E-state index is 0.308. The van der Waals surface area contributed by atoms with Gasteiger partial charge in [0.2, 0.25) is 0 Å². The van der Waals surface area contributed by atoms with Crippen molar-refractivity contribution in [2.75, 3.05) is 36.5 Å². The van der Waals surface area contributed by atoms with E-state index < -0.39 is 0 Å². The SMILES string of the molecule is O=C(Nc1ccccn1)c1cc(N2CCOCC2)nn2cc(-c3ccccc3Cl)nc12. The van der Waals surface area contributed by atoms with Gasteiger partial charge in [-0.3, -0.25) is 4.79 Å². The van der Waals surface area contributed by atoms with Crippen molar-refractivity contribution in [2.45, 2.75) is 0 Å². The third-order valence-corrected chi connectivity index (χ3v) is 5.38. The Labute approximate surface area is 183 Å². The molecule has 0 bridgehead atoms. The summed E-state index contributed by atoms with van der Waals surface area (Å²) >= 11 is 6.37. The van der Waals surface area contributed by atoms with E-state index in [4.69, 9.17) is 21.4 Å². The molecule has 0 spiro atoms. The fourth-order valence-electron chi connectivity index (χ4n) is 3.50. The molecule has 0 unspecified atom stereocenters. The van der Waals surface area contributed by atoms with Crippen molar-refractivity contribution in [3.63, 3.8) is 0 Å². The monoisotopic (exact) mass is 434 g/mol. The Morgan fingerprint density at radius 2 is 1.90 bits per heavy atom. The number of amides is 1. The number of rotatable bonds is 4. The van der Waals surface area contributed by atoms with Gasteiger partial charge in [-0.25, -0.2) is 14.5 Å². The first-order valence-corrected chi connectivity index (χ1v) is 10.3. The summed E-state index contributed by atoms with van der Waals surface area (Å²) in [5.41, 5.74) is 2.27. The number of imidazole rings is 1. The molecule has 1 aliphatic heterocycles. The van der Waals surface area contributed by atoms with Crippen LogP contribution in [0.4, 0.5) is 11.6 Å². The van der Waals surface area contributed by atoms with Crippen LogP contribution in [0.3, 0.4) is 0 Å². The smallest absolute Gasteiger partial charge is 0.260 e. The largest absolute Gasteiger partial charge is 0.378 e. The molecule has 0 radical (unpaired) electrons. The Bertz CT molecular complexity index is 1240. The van der Waals surface area contributed by atoms with E-state index in [-0.39, 0.29) is 5.91 Å². The van der Waals surface area contributed by atoms with E-state index in [1.165, 1.54) is 0 Å². The summed E-state index contributed by atoms with van der Waals surface area (Å²) in [5.74, 6) is 0.843. The van der Waals surface area contributed by atoms with Gasteiger partial charge in [-0.05, 0) is 24.3 Å². The molecule has 1 fully saturated rings. The first-order valence-electron chi connectivity index (χ1n) is 9.89. The predicted molar refractivity (Wildman–Crippen MR) is 119 cm³/mol. The van der Waals surface area contributed by atoms with Crippen LogP contribution >= 0.6 is 11.6 Å². The molecule has 0 aliphatic carbocycles. The highest BCUT2D eigenvalue weighted by molar-refractivity contribution is 6.33. The second-order valence-electron chi connectivity index (χ2n) is 7.06. The normalized spacial score (nSPS) is 14.0. The zero-order valence-electron chi connectivity index (χ0n) is 16.5. The van der Waals surface area contributed by atoms with Gasteiger partial charge in [0.25, 0.3) is 5.91 Å². The number of pyridine rings is 1. The van der Waals surface area contributed by atoms with E-state index >= 15 is 0 Å². The summed E-state index contributed by atoms with van der Waals surface area (Å²) in [5, 5.41) is 8.13. The fraction of sp³-hybridized carbons (Fsp3) is 0.182. The molecule has 0 atom stereocenters. The average molecular weight is 435 g/mol. The van der Waals surface area contributed by atoms with Gasteiger partial charge in [0.15, 0.2) is 11.5 Å². The van der Waals surface area contributed by atoms with Gasteiger partial charge in [-0.2, -0.15) is 0 Å². The summed E-state index contributed by atoms with van der Waals surface area (Å²) in [6.07, 6.45) is 3.42. The van der Waals surface area contributed by atoms with Crippen LogP contribution in [0, 0.1) is 0 Å². The Morgan fingerprint density at radius 3 is 2.68 bits per heavy atom. The molecule has 1 aromatic carbocycles. The molecule has 3 aromatic heterocycles. The van der Waals surface area contributed by atoms with Crippen molar-refractivity contribution in [1.82, 2.24) is 19.6 Å². The van der Waals surface area contributed by atoms with Gasteiger partial charge in [0.05, 0.1) is 35.7 Å². The highest BCUT2D eigenvalue weighted by Crippen LogP contribution is 2.28. The number of ether oxygens (including phenoxy) is 1. The van der Waals surface area contributed by atoms with Crippen LogP contribution in [0.15, 0.2) is 60.9 Å². The lowest BCUT2D eigenvalue weighted by molar-refractivity contribution is 0.102. The van der Waals surface area contributed by atoms with Crippen LogP contribution in [0.1, 0.15) is 10.4 Å². The van der Waals surface area contributed by atoms with Crippen LogP contribution in [0.5, 0.6) is 0 Å². The zero-order valence-corrected chi connectivity index (χ0v) is 17.3. The van der Waals surface area contributed by atoms with Crippen molar-refractivity contribution in [2.24, 2.45) is 0 Å². The number of anilines is 2. The lowest BCUT2D eigenvalue weighted by Crippen LogP contribution is -2.37. The summed E-state index contributed by atoms with van der Waals surface area (Å²) in [4.78, 5) is 24.1. The summed E-state index contributed by atoms with van der Waals surface area (Å²) in [7, 11) is 0. The Hall–Kier alpha value is -3.49. The van der Waals surface area contributed by atoms with E-state index in [1.807, 2.05) is 30.3 Å². The topological polar surface area (TPSA) is 84.7 Å². The second kappa shape index (κ2) is 8.33. The van der Waals surface area contributed by atoms with Gasteiger partial charge in [0, 0.05) is 24.8 Å². The molecule has 8 nitrogen and oxygen atoms in total. The second-order valence-corrected chi connectivity index (χ2v) is 7.47. The van der Waals surface area contributed by atoms with Gasteiger partial charge in [-0.1, -0.05) is 35.9 Å². The number of benzene rings is 1. The van der Waals surface area contributed by atoms with Gasteiger partial charge >= 0.3 is 0 Å². The molecule has 1 saturated heterocycles. The average Bonchev–Trinajstić information content (AvgIpc) is 3.24. The van der Waals surface area contributed by atoms with Crippen molar-refractivity contribution < 1.29 is 9.53 Å². The zero-order chi connectivity index (χ0) is 21.2. The van der Waals surface area contributed by atoms with E-state index in [0.29, 0.717) is 59.9 Å². The molecule has 1 aliphatic rings. The van der Waals surface area contributed by atoms with Crippen LogP contribution in [-0.2, 0) is 4.74 Å². The third-order valence-electron chi connectivity index (χ3n) is 5.05. The molecule has 31 heavy (non-hydrogen) atoms. The highest BCUT2D eigenvalue weighted by Gasteiger charge is 2.21. The molecular formula is C22H19ClN6O2. The van der Waals surface area contributed by atoms with Gasteiger partial charge < -0.3 is 15.0 Å². The number of carbonyl (C=O) groups is 1. The van der Waals surface area contributed by atoms with Crippen molar-refractivity contribution in [1.29, 1.82) is 0 Å². The van der Waals surface area contributed by atoms with Gasteiger partial charge in [0.1, 0.15) is 5.82 Å². The number of morpholine rings is 1. The summed E-state index contributed by atoms with van der Waals surface area (Å²) in [6, 6.07) is 14.6. The molecule has 0 saturated carbocycles. The van der Waals surface area contributed by atoms with Crippen LogP contribution in [0.2, 0.25) is 5.02 Å². The standard InChI is InChI=1S/C22H19ClN6O2/c23-17-6-2-1-5-15(17)18-14-29-21(25-18)16(22(30)26-19-7-3-4-8-24-19)13-20(27-29)28-9-11-31-12-10-28/h1-8,13-14H,9-12H2,(H,24,26,30). The first-order chi connectivity index (χ1) is 15.2. The van der Waals surface area contributed by atoms with E-state index in [0.717, 1.165) is 5.56 Å². The third kappa shape index (κ3) is 3.95. The summed E-state index contributed by atoms with van der Waals surface area (Å²) < 4.78 is 7.09. The van der Waals surface area contributed by atoms with Crippen molar-refractivity contribution in [3.05, 3.63) is 71.5 Å². The van der Waals surface area contributed by atoms with E-state index in [2.05, 4.69) is 20.2 Å². The number of nitrogens with zero attached hydrogens (tertiary/aromatic N) is 5. The van der Waals surface area contributed by atoms with Crippen molar-refractivity contribution in [3.8, 4) is 11.3 Å². The van der Waals surface area contributed by atoms with E-state index in [9.17, 15) is 4.79 Å². The quantitative estimate of drug-likeness (QED) is 0.529. The maximum atomic E-state index is 13.2.